The first-order valence-corrected chi connectivity index (χ1v) is 5.82. The fourth-order valence-corrected chi connectivity index (χ4v) is 2.19. The normalized spacial score (nSPS) is 10.6. The minimum Gasteiger partial charge on any atom is -0.366 e. The van der Waals surface area contributed by atoms with Crippen LogP contribution in [0.25, 0.3) is 5.69 Å². The molecule has 0 bridgehead atoms. The molecule has 4 nitrogen and oxygen atoms in total. The van der Waals surface area contributed by atoms with Gasteiger partial charge in [-0.2, -0.15) is 0 Å². The summed E-state index contributed by atoms with van der Waals surface area (Å²) in [5.41, 5.74) is 15.4. The van der Waals surface area contributed by atoms with Gasteiger partial charge in [0.05, 0.1) is 5.56 Å². The first-order valence-electron chi connectivity index (χ1n) is 5.82. The van der Waals surface area contributed by atoms with Gasteiger partial charge in [-0.05, 0) is 37.1 Å². The average Bonchev–Trinajstić information content (AvgIpc) is 2.65. The number of rotatable bonds is 3. The highest BCUT2D eigenvalue weighted by atomic mass is 16.1. The zero-order chi connectivity index (χ0) is 13.3. The Labute approximate surface area is 106 Å². The summed E-state index contributed by atoms with van der Waals surface area (Å²) >= 11 is 0. The van der Waals surface area contributed by atoms with E-state index in [0.717, 1.165) is 22.5 Å². The van der Waals surface area contributed by atoms with Crippen LogP contribution in [0.3, 0.4) is 0 Å². The molecule has 1 aromatic heterocycles. The smallest absolute Gasteiger partial charge is 0.250 e. The lowest BCUT2D eigenvalue weighted by Gasteiger charge is -2.07. The monoisotopic (exact) mass is 243 g/mol. The zero-order valence-electron chi connectivity index (χ0n) is 10.6. The number of carbonyl (C=O) groups is 1. The highest BCUT2D eigenvalue weighted by molar-refractivity contribution is 5.95. The number of amides is 1. The van der Waals surface area contributed by atoms with Crippen LogP contribution < -0.4 is 11.5 Å². The van der Waals surface area contributed by atoms with Gasteiger partial charge in [-0.15, -0.1) is 0 Å². The van der Waals surface area contributed by atoms with Crippen LogP contribution in [0.5, 0.6) is 0 Å². The number of primary amides is 1. The van der Waals surface area contributed by atoms with E-state index in [4.69, 9.17) is 11.5 Å². The summed E-state index contributed by atoms with van der Waals surface area (Å²) in [5.74, 6) is -0.387. The fraction of sp³-hybridized carbons (Fsp3) is 0.214. The number of hydrogen-bond donors (Lipinski definition) is 2. The van der Waals surface area contributed by atoms with Crippen molar-refractivity contribution in [3.63, 3.8) is 0 Å². The van der Waals surface area contributed by atoms with Crippen LogP contribution in [0.1, 0.15) is 27.2 Å². The number of aryl methyl sites for hydroxylation is 1. The van der Waals surface area contributed by atoms with Gasteiger partial charge in [-0.1, -0.05) is 12.1 Å². The van der Waals surface area contributed by atoms with E-state index >= 15 is 0 Å². The molecule has 1 heterocycles. The van der Waals surface area contributed by atoms with Gasteiger partial charge >= 0.3 is 0 Å². The van der Waals surface area contributed by atoms with E-state index in [-0.39, 0.29) is 5.91 Å². The molecule has 0 unspecified atom stereocenters. The number of nitrogens with two attached hydrogens (primary N) is 2. The Morgan fingerprint density at radius 3 is 2.28 bits per heavy atom. The van der Waals surface area contributed by atoms with Crippen molar-refractivity contribution in [3.8, 4) is 5.69 Å². The molecule has 18 heavy (non-hydrogen) atoms. The molecule has 0 spiro atoms. The van der Waals surface area contributed by atoms with Crippen molar-refractivity contribution in [1.29, 1.82) is 0 Å². The van der Waals surface area contributed by atoms with Gasteiger partial charge in [-0.25, -0.2) is 0 Å². The lowest BCUT2D eigenvalue weighted by molar-refractivity contribution is 0.0999. The summed E-state index contributed by atoms with van der Waals surface area (Å²) in [5, 5.41) is 0. The minimum absolute atomic E-state index is 0.387. The summed E-state index contributed by atoms with van der Waals surface area (Å²) in [6.45, 7) is 4.30. The van der Waals surface area contributed by atoms with Crippen molar-refractivity contribution in [2.24, 2.45) is 11.5 Å². The van der Waals surface area contributed by atoms with Crippen LogP contribution in [0.15, 0.2) is 30.5 Å². The van der Waals surface area contributed by atoms with E-state index in [0.29, 0.717) is 12.1 Å². The second kappa shape index (κ2) is 4.66. The standard InChI is InChI=1S/C14H17N3O/c1-9-8-17(10(2)13(9)14(16)18)12-5-3-11(7-15)4-6-12/h3-6,8H,7,15H2,1-2H3,(H2,16,18). The van der Waals surface area contributed by atoms with Crippen LogP contribution >= 0.6 is 0 Å². The highest BCUT2D eigenvalue weighted by Crippen LogP contribution is 2.20. The SMILES string of the molecule is Cc1cn(-c2ccc(CN)cc2)c(C)c1C(N)=O. The summed E-state index contributed by atoms with van der Waals surface area (Å²) in [4.78, 5) is 11.4. The van der Waals surface area contributed by atoms with Crippen molar-refractivity contribution >= 4 is 5.91 Å². The van der Waals surface area contributed by atoms with Crippen molar-refractivity contribution < 1.29 is 4.79 Å². The van der Waals surface area contributed by atoms with Crippen LogP contribution in [0.4, 0.5) is 0 Å². The van der Waals surface area contributed by atoms with Crippen LogP contribution in [0, 0.1) is 13.8 Å². The summed E-state index contributed by atoms with van der Waals surface area (Å²) in [7, 11) is 0. The molecule has 2 aromatic rings. The predicted octanol–water partition coefficient (Wildman–Crippen LogP) is 1.65. The van der Waals surface area contributed by atoms with E-state index in [1.54, 1.807) is 0 Å². The molecule has 0 fully saturated rings. The molecule has 0 saturated heterocycles. The Bertz CT molecular complexity index is 582. The molecule has 4 N–H and O–H groups in total. The van der Waals surface area contributed by atoms with E-state index < -0.39 is 0 Å². The zero-order valence-corrected chi connectivity index (χ0v) is 10.6. The van der Waals surface area contributed by atoms with E-state index in [1.807, 2.05) is 48.9 Å². The first-order chi connectivity index (χ1) is 8.54. The van der Waals surface area contributed by atoms with Gasteiger partial charge in [0.15, 0.2) is 0 Å². The van der Waals surface area contributed by atoms with E-state index in [1.165, 1.54) is 0 Å². The molecule has 0 atom stereocenters. The molecule has 0 aliphatic carbocycles. The molecular weight excluding hydrogens is 226 g/mol. The fourth-order valence-electron chi connectivity index (χ4n) is 2.19. The molecule has 0 aliphatic heterocycles. The Balaban J connectivity index is 2.50. The molecule has 4 heteroatoms. The quantitative estimate of drug-likeness (QED) is 0.860. The largest absolute Gasteiger partial charge is 0.366 e. The summed E-state index contributed by atoms with van der Waals surface area (Å²) < 4.78 is 1.97. The average molecular weight is 243 g/mol. The molecule has 0 saturated carbocycles. The number of hydrogen-bond acceptors (Lipinski definition) is 2. The Kier molecular flexibility index (Phi) is 3.21. The maximum atomic E-state index is 11.4. The van der Waals surface area contributed by atoms with Gasteiger partial charge in [0, 0.05) is 24.1 Å². The molecule has 94 valence electrons. The second-order valence-electron chi connectivity index (χ2n) is 4.38. The Hall–Kier alpha value is -2.07. The van der Waals surface area contributed by atoms with Gasteiger partial charge in [0.25, 0.3) is 5.91 Å². The van der Waals surface area contributed by atoms with Crippen molar-refractivity contribution in [3.05, 3.63) is 52.8 Å². The second-order valence-corrected chi connectivity index (χ2v) is 4.38. The van der Waals surface area contributed by atoms with Crippen LogP contribution in [-0.2, 0) is 6.54 Å². The van der Waals surface area contributed by atoms with Crippen molar-refractivity contribution in [1.82, 2.24) is 4.57 Å². The predicted molar refractivity (Wildman–Crippen MR) is 71.7 cm³/mol. The summed E-state index contributed by atoms with van der Waals surface area (Å²) in [6, 6.07) is 7.93. The Morgan fingerprint density at radius 2 is 1.83 bits per heavy atom. The van der Waals surface area contributed by atoms with E-state index in [2.05, 4.69) is 0 Å². The molecule has 1 aromatic carbocycles. The molecule has 1 amide bonds. The number of benzene rings is 1. The topological polar surface area (TPSA) is 74.0 Å². The highest BCUT2D eigenvalue weighted by Gasteiger charge is 2.14. The third-order valence-corrected chi connectivity index (χ3v) is 3.14. The number of carbonyl (C=O) groups excluding carboxylic acids is 1. The van der Waals surface area contributed by atoms with E-state index in [9.17, 15) is 4.79 Å². The number of aromatic nitrogens is 1. The van der Waals surface area contributed by atoms with Gasteiger partial charge in [0.2, 0.25) is 0 Å². The summed E-state index contributed by atoms with van der Waals surface area (Å²) in [6.07, 6.45) is 1.92. The molecular formula is C14H17N3O. The Morgan fingerprint density at radius 1 is 1.22 bits per heavy atom. The van der Waals surface area contributed by atoms with Crippen LogP contribution in [-0.4, -0.2) is 10.5 Å². The lowest BCUT2D eigenvalue weighted by Crippen LogP contribution is -2.13. The van der Waals surface area contributed by atoms with Crippen molar-refractivity contribution in [2.45, 2.75) is 20.4 Å². The maximum absolute atomic E-state index is 11.4. The third kappa shape index (κ3) is 2.02. The maximum Gasteiger partial charge on any atom is 0.250 e. The first kappa shape index (κ1) is 12.4. The minimum atomic E-state index is -0.387. The molecule has 0 radical (unpaired) electrons. The molecule has 2 rings (SSSR count). The van der Waals surface area contributed by atoms with Crippen molar-refractivity contribution in [2.75, 3.05) is 0 Å². The third-order valence-electron chi connectivity index (χ3n) is 3.14. The van der Waals surface area contributed by atoms with Gasteiger partial charge < -0.3 is 16.0 Å². The number of nitrogens with zero attached hydrogens (tertiary/aromatic N) is 1. The van der Waals surface area contributed by atoms with Crippen LogP contribution in [0.2, 0.25) is 0 Å². The van der Waals surface area contributed by atoms with Gasteiger partial charge in [0.1, 0.15) is 0 Å². The molecule has 0 aliphatic rings. The lowest BCUT2D eigenvalue weighted by atomic mass is 10.1. The van der Waals surface area contributed by atoms with Gasteiger partial charge in [-0.3, -0.25) is 4.79 Å².